The third kappa shape index (κ3) is 5.03. The lowest BCUT2D eigenvalue weighted by Gasteiger charge is -2.47. The summed E-state index contributed by atoms with van der Waals surface area (Å²) in [5.41, 5.74) is 0.585. The third-order valence-corrected chi connectivity index (χ3v) is 13.4. The lowest BCUT2D eigenvalue weighted by Crippen LogP contribution is -2.58. The molecule has 0 aliphatic carbocycles. The van der Waals surface area contributed by atoms with E-state index in [1.807, 2.05) is 0 Å². The molecule has 0 fully saturated rings. The molecule has 1 aliphatic rings. The molecule has 31 heavy (non-hydrogen) atoms. The summed E-state index contributed by atoms with van der Waals surface area (Å²) in [4.78, 5) is 5.27. The van der Waals surface area contributed by atoms with E-state index in [-0.39, 0.29) is 16.2 Å². The van der Waals surface area contributed by atoms with Crippen LogP contribution in [-0.4, -0.2) is 36.5 Å². The molecule has 1 heterocycles. The molecule has 0 aromatic heterocycles. The first kappa shape index (κ1) is 24.3. The van der Waals surface area contributed by atoms with Gasteiger partial charge in [0, 0.05) is 11.9 Å². The van der Waals surface area contributed by atoms with Gasteiger partial charge in [-0.3, -0.25) is 4.99 Å². The predicted molar refractivity (Wildman–Crippen MR) is 140 cm³/mol. The Morgan fingerprint density at radius 1 is 0.871 bits per heavy atom. The third-order valence-electron chi connectivity index (χ3n) is 6.69. The van der Waals surface area contributed by atoms with Gasteiger partial charge >= 0.3 is 0 Å². The fourth-order valence-electron chi connectivity index (χ4n) is 3.83. The molecule has 0 radical (unpaired) electrons. The van der Waals surface area contributed by atoms with Gasteiger partial charge in [0.15, 0.2) is 0 Å². The molecule has 0 N–H and O–H groups in total. The first-order valence-corrected chi connectivity index (χ1v) is 15.7. The van der Waals surface area contributed by atoms with Crippen LogP contribution in [0.1, 0.15) is 48.5 Å². The van der Waals surface area contributed by atoms with Gasteiger partial charge in [-0.25, -0.2) is 0 Å². The molecule has 168 valence electrons. The highest BCUT2D eigenvalue weighted by atomic mass is 31.1. The van der Waals surface area contributed by atoms with Crippen LogP contribution in [-0.2, 0) is 4.53 Å². The van der Waals surface area contributed by atoms with E-state index in [2.05, 4.69) is 127 Å². The molecular formula is C26H39N2OPSi. The van der Waals surface area contributed by atoms with Crippen molar-refractivity contribution in [3.05, 3.63) is 60.7 Å². The molecule has 0 unspecified atom stereocenters. The van der Waals surface area contributed by atoms with Crippen molar-refractivity contribution in [3.63, 3.8) is 0 Å². The van der Waals surface area contributed by atoms with Gasteiger partial charge in [0.1, 0.15) is 5.66 Å². The number of aliphatic imine (C=N–C) groups is 1. The largest absolute Gasteiger partial charge is 0.339 e. The van der Waals surface area contributed by atoms with Crippen LogP contribution in [0.2, 0.25) is 18.1 Å². The molecule has 2 aromatic rings. The Labute approximate surface area is 191 Å². The summed E-state index contributed by atoms with van der Waals surface area (Å²) in [5.74, 6) is 0. The zero-order valence-electron chi connectivity index (χ0n) is 20.7. The number of nitrogens with zero attached hydrogens (tertiary/aromatic N) is 2. The van der Waals surface area contributed by atoms with Crippen LogP contribution in [0.25, 0.3) is 0 Å². The zero-order chi connectivity index (χ0) is 23.1. The maximum Gasteiger partial charge on any atom is 0.220 e. The summed E-state index contributed by atoms with van der Waals surface area (Å²) < 4.78 is 6.88. The van der Waals surface area contributed by atoms with E-state index in [0.29, 0.717) is 0 Å². The van der Waals surface area contributed by atoms with E-state index < -0.39 is 16.2 Å². The highest BCUT2D eigenvalue weighted by molar-refractivity contribution is 7.73. The van der Waals surface area contributed by atoms with Crippen molar-refractivity contribution >= 4 is 32.6 Å². The summed E-state index contributed by atoms with van der Waals surface area (Å²) in [6, 6.07) is 21.8. The smallest absolute Gasteiger partial charge is 0.220 e. The minimum atomic E-state index is -1.99. The topological polar surface area (TPSA) is 24.8 Å². The van der Waals surface area contributed by atoms with Crippen molar-refractivity contribution < 1.29 is 4.53 Å². The first-order chi connectivity index (χ1) is 14.3. The summed E-state index contributed by atoms with van der Waals surface area (Å²) in [5, 5.41) is 5.13. The van der Waals surface area contributed by atoms with Crippen molar-refractivity contribution in [2.75, 3.05) is 6.16 Å². The van der Waals surface area contributed by atoms with Crippen molar-refractivity contribution in [2.24, 2.45) is 4.99 Å². The van der Waals surface area contributed by atoms with Crippen LogP contribution in [0.4, 0.5) is 0 Å². The molecule has 5 heteroatoms. The van der Waals surface area contributed by atoms with Crippen LogP contribution in [0.5, 0.6) is 0 Å². The Hall–Kier alpha value is -1.32. The monoisotopic (exact) mass is 454 g/mol. The number of rotatable bonds is 6. The quantitative estimate of drug-likeness (QED) is 0.376. The highest BCUT2D eigenvalue weighted by Crippen LogP contribution is 2.45. The fourth-order valence-corrected chi connectivity index (χ4v) is 7.50. The molecule has 0 amide bonds. The van der Waals surface area contributed by atoms with Crippen molar-refractivity contribution in [1.29, 1.82) is 0 Å². The first-order valence-electron chi connectivity index (χ1n) is 11.2. The summed E-state index contributed by atoms with van der Waals surface area (Å²) in [6.45, 7) is 20.4. The van der Waals surface area contributed by atoms with E-state index in [1.54, 1.807) is 0 Å². The molecule has 0 saturated heterocycles. The van der Waals surface area contributed by atoms with E-state index >= 15 is 0 Å². The van der Waals surface area contributed by atoms with Crippen LogP contribution in [0.15, 0.2) is 65.7 Å². The second-order valence-corrected chi connectivity index (χ2v) is 17.9. The second-order valence-electron chi connectivity index (χ2n) is 11.0. The van der Waals surface area contributed by atoms with E-state index in [9.17, 15) is 0 Å². The number of hydrogen-bond donors (Lipinski definition) is 0. The Morgan fingerprint density at radius 3 is 1.74 bits per heavy atom. The molecular weight excluding hydrogens is 415 g/mol. The molecule has 0 bridgehead atoms. The minimum Gasteiger partial charge on any atom is -0.339 e. The highest BCUT2D eigenvalue weighted by Gasteiger charge is 2.52. The molecule has 3 rings (SSSR count). The number of hydrogen-bond acceptors (Lipinski definition) is 3. The molecule has 3 nitrogen and oxygen atoms in total. The molecule has 0 saturated carbocycles. The van der Waals surface area contributed by atoms with Gasteiger partial charge in [-0.15, -0.1) is 0 Å². The second kappa shape index (κ2) is 8.55. The van der Waals surface area contributed by atoms with Gasteiger partial charge in [-0.1, -0.05) is 81.4 Å². The predicted octanol–water partition coefficient (Wildman–Crippen LogP) is 6.33. The van der Waals surface area contributed by atoms with Crippen molar-refractivity contribution in [2.45, 2.75) is 77.8 Å². The average molecular weight is 455 g/mol. The van der Waals surface area contributed by atoms with Crippen molar-refractivity contribution in [1.82, 2.24) is 5.06 Å². The fraction of sp³-hybridized carbons (Fsp3) is 0.500. The Bertz CT molecular complexity index is 878. The Morgan fingerprint density at radius 2 is 1.32 bits per heavy atom. The summed E-state index contributed by atoms with van der Waals surface area (Å²) >= 11 is 0. The summed E-state index contributed by atoms with van der Waals surface area (Å²) in [7, 11) is -2.53. The molecule has 0 spiro atoms. The molecule has 2 aromatic carbocycles. The van der Waals surface area contributed by atoms with Gasteiger partial charge in [0.25, 0.3) is 0 Å². The molecule has 0 atom stereocenters. The van der Waals surface area contributed by atoms with Crippen molar-refractivity contribution in [3.8, 4) is 0 Å². The van der Waals surface area contributed by atoms with Gasteiger partial charge in [0.05, 0.1) is 5.54 Å². The Kier molecular flexibility index (Phi) is 6.71. The van der Waals surface area contributed by atoms with Crippen LogP contribution in [0.3, 0.4) is 0 Å². The molecule has 1 aliphatic heterocycles. The van der Waals surface area contributed by atoms with Gasteiger partial charge in [0.2, 0.25) is 8.32 Å². The van der Waals surface area contributed by atoms with Gasteiger partial charge in [-0.2, -0.15) is 5.06 Å². The SMILES string of the molecule is CC1(C)N=C(CP(c2ccccc2)c2ccccc2)C(C)(C)N1O[Si](C)(C)C(C)(C)C. The number of hydroxylamine groups is 2. The standard InChI is InChI=1S/C26H39N2OPSi/c1-24(2,3)31(8,9)29-28-25(4,5)23(27-26(28,6)7)20-30(21-16-12-10-13-17-21)22-18-14-11-15-19-22/h10-19H,20H2,1-9H3. The van der Waals surface area contributed by atoms with E-state index in [1.165, 1.54) is 16.3 Å². The lowest BCUT2D eigenvalue weighted by molar-refractivity contribution is -0.171. The van der Waals surface area contributed by atoms with Crippen LogP contribution < -0.4 is 10.6 Å². The van der Waals surface area contributed by atoms with Crippen LogP contribution >= 0.6 is 7.92 Å². The van der Waals surface area contributed by atoms with E-state index in [4.69, 9.17) is 9.52 Å². The lowest BCUT2D eigenvalue weighted by atomic mass is 10.00. The Balaban J connectivity index is 1.96. The normalized spacial score (nSPS) is 19.0. The van der Waals surface area contributed by atoms with Gasteiger partial charge in [-0.05, 0) is 64.4 Å². The van der Waals surface area contributed by atoms with E-state index in [0.717, 1.165) is 6.16 Å². The number of benzene rings is 2. The average Bonchev–Trinajstić information content (AvgIpc) is 2.85. The maximum atomic E-state index is 6.88. The zero-order valence-corrected chi connectivity index (χ0v) is 22.6. The van der Waals surface area contributed by atoms with Crippen LogP contribution in [0, 0.1) is 0 Å². The maximum absolute atomic E-state index is 6.88. The minimum absolute atomic E-state index is 0.141. The summed E-state index contributed by atoms with van der Waals surface area (Å²) in [6.07, 6.45) is 0.942. The van der Waals surface area contributed by atoms with Gasteiger partial charge < -0.3 is 4.53 Å².